The first-order valence-corrected chi connectivity index (χ1v) is 14.7. The van der Waals surface area contributed by atoms with Crippen LogP contribution in [-0.4, -0.2) is 74.4 Å². The second-order valence-corrected chi connectivity index (χ2v) is 13.3. The Kier molecular flexibility index (Phi) is 7.69. The number of nitrogens with zero attached hydrogens (tertiary/aromatic N) is 1. The molecule has 0 unspecified atom stereocenters. The first-order valence-electron chi connectivity index (χ1n) is 9.98. The van der Waals surface area contributed by atoms with Crippen molar-refractivity contribution in [3.63, 3.8) is 0 Å². The third-order valence-corrected chi connectivity index (χ3v) is 10.5. The van der Waals surface area contributed by atoms with E-state index in [1.165, 1.54) is 62.8 Å². The van der Waals surface area contributed by atoms with E-state index in [2.05, 4.69) is 4.72 Å². The van der Waals surface area contributed by atoms with E-state index in [0.717, 1.165) is 4.31 Å². The van der Waals surface area contributed by atoms with E-state index >= 15 is 0 Å². The summed E-state index contributed by atoms with van der Waals surface area (Å²) in [5.41, 5.74) is 0. The van der Waals surface area contributed by atoms with Crippen LogP contribution in [0.15, 0.2) is 58.3 Å². The molecular weight excluding hydrogens is 492 g/mol. The third-order valence-electron chi connectivity index (χ3n) is 5.28. The molecule has 0 radical (unpaired) electrons. The number of ether oxygens (including phenoxy) is 2. The molecule has 1 saturated heterocycles. The van der Waals surface area contributed by atoms with E-state index in [9.17, 15) is 25.3 Å². The van der Waals surface area contributed by atoms with Gasteiger partial charge < -0.3 is 9.47 Å². The zero-order valence-corrected chi connectivity index (χ0v) is 20.6. The molecule has 1 fully saturated rings. The Balaban J connectivity index is 1.81. The molecule has 0 saturated carbocycles. The summed E-state index contributed by atoms with van der Waals surface area (Å²) in [6.07, 6.45) is 0.142. The molecule has 0 amide bonds. The minimum atomic E-state index is -4.09. The molecule has 0 spiro atoms. The van der Waals surface area contributed by atoms with Gasteiger partial charge in [-0.15, -0.1) is 0 Å². The van der Waals surface area contributed by atoms with Crippen LogP contribution in [0, 0.1) is 0 Å². The molecule has 1 aliphatic rings. The van der Waals surface area contributed by atoms with E-state index in [1.807, 2.05) is 0 Å². The van der Waals surface area contributed by atoms with Crippen LogP contribution in [0.25, 0.3) is 0 Å². The van der Waals surface area contributed by atoms with Crippen molar-refractivity contribution in [1.82, 2.24) is 9.03 Å². The van der Waals surface area contributed by atoms with Gasteiger partial charge in [0.15, 0.2) is 9.84 Å². The number of methoxy groups -OCH3 is 2. The highest BCUT2D eigenvalue weighted by Gasteiger charge is 2.38. The van der Waals surface area contributed by atoms with Crippen molar-refractivity contribution in [2.24, 2.45) is 0 Å². The zero-order valence-electron chi connectivity index (χ0n) is 18.2. The van der Waals surface area contributed by atoms with E-state index in [4.69, 9.17) is 9.47 Å². The molecule has 2 aromatic carbocycles. The molecule has 3 rings (SSSR count). The van der Waals surface area contributed by atoms with Crippen LogP contribution in [-0.2, 0) is 29.9 Å². The van der Waals surface area contributed by atoms with Crippen LogP contribution in [0.3, 0.4) is 0 Å². The number of rotatable bonds is 10. The van der Waals surface area contributed by atoms with E-state index in [0.29, 0.717) is 11.5 Å². The van der Waals surface area contributed by atoms with Crippen LogP contribution in [0.2, 0.25) is 0 Å². The fraction of sp³-hybridized carbons (Fsp3) is 0.400. The number of hydrogen-bond donors (Lipinski definition) is 1. The van der Waals surface area contributed by atoms with Gasteiger partial charge in [0, 0.05) is 19.1 Å². The number of sulfone groups is 1. The third kappa shape index (κ3) is 6.03. The SMILES string of the molecule is COc1ccc(S(=O)(=O)NCCN([C@H]2CCS(=O)(=O)C2)S(=O)(=O)c2ccc(OC)cc2)cc1. The van der Waals surface area contributed by atoms with E-state index < -0.39 is 35.9 Å². The normalized spacial score (nSPS) is 18.3. The predicted octanol–water partition coefficient (Wildman–Crippen LogP) is 0.860. The molecule has 182 valence electrons. The van der Waals surface area contributed by atoms with Gasteiger partial charge in [0.1, 0.15) is 11.5 Å². The summed E-state index contributed by atoms with van der Waals surface area (Å²) in [6, 6.07) is 10.7. The van der Waals surface area contributed by atoms with Gasteiger partial charge in [-0.3, -0.25) is 0 Å². The standard InChI is InChI=1S/C20H26N2O8S3/c1-29-17-3-7-19(8-4-17)32(25,26)21-12-13-22(16-11-14-31(23,24)15-16)33(27,28)20-9-5-18(30-2)6-10-20/h3-10,16,21H,11-15H2,1-2H3/t16-/m0/s1. The van der Waals surface area contributed by atoms with Gasteiger partial charge in [0.05, 0.1) is 35.5 Å². The molecule has 33 heavy (non-hydrogen) atoms. The van der Waals surface area contributed by atoms with E-state index in [1.54, 1.807) is 0 Å². The molecule has 10 nitrogen and oxygen atoms in total. The molecule has 1 N–H and O–H groups in total. The fourth-order valence-electron chi connectivity index (χ4n) is 3.51. The lowest BCUT2D eigenvalue weighted by Crippen LogP contribution is -2.45. The van der Waals surface area contributed by atoms with Crippen molar-refractivity contribution in [3.8, 4) is 11.5 Å². The molecule has 0 bridgehead atoms. The molecule has 13 heteroatoms. The van der Waals surface area contributed by atoms with Gasteiger partial charge in [0.25, 0.3) is 0 Å². The lowest BCUT2D eigenvalue weighted by molar-refractivity contribution is 0.343. The minimum Gasteiger partial charge on any atom is -0.497 e. The van der Waals surface area contributed by atoms with Gasteiger partial charge in [-0.25, -0.2) is 30.0 Å². The number of nitrogens with one attached hydrogen (secondary N) is 1. The summed E-state index contributed by atoms with van der Waals surface area (Å²) in [5, 5.41) is 0. The van der Waals surface area contributed by atoms with Gasteiger partial charge in [-0.2, -0.15) is 4.31 Å². The summed E-state index contributed by atoms with van der Waals surface area (Å²) >= 11 is 0. The molecule has 1 atom stereocenters. The first kappa shape index (κ1) is 25.4. The predicted molar refractivity (Wildman–Crippen MR) is 122 cm³/mol. The van der Waals surface area contributed by atoms with Gasteiger partial charge in [0.2, 0.25) is 20.0 Å². The topological polar surface area (TPSA) is 136 Å². The van der Waals surface area contributed by atoms with Crippen LogP contribution in [0.4, 0.5) is 0 Å². The Hall–Kier alpha value is -2.19. The van der Waals surface area contributed by atoms with Crippen molar-refractivity contribution < 1.29 is 34.7 Å². The van der Waals surface area contributed by atoms with Crippen molar-refractivity contribution in [1.29, 1.82) is 0 Å². The van der Waals surface area contributed by atoms with Gasteiger partial charge in [-0.1, -0.05) is 0 Å². The molecule has 1 aliphatic heterocycles. The van der Waals surface area contributed by atoms with Crippen LogP contribution in [0.5, 0.6) is 11.5 Å². The minimum absolute atomic E-state index is 0.00342. The zero-order chi connectivity index (χ0) is 24.3. The molecule has 2 aromatic rings. The fourth-order valence-corrected chi connectivity index (χ4v) is 8.01. The van der Waals surface area contributed by atoms with Gasteiger partial charge >= 0.3 is 0 Å². The second-order valence-electron chi connectivity index (χ2n) is 7.42. The monoisotopic (exact) mass is 518 g/mol. The number of sulfonamides is 2. The van der Waals surface area contributed by atoms with Crippen molar-refractivity contribution >= 4 is 29.9 Å². The van der Waals surface area contributed by atoms with E-state index in [-0.39, 0.29) is 40.8 Å². The number of benzene rings is 2. The summed E-state index contributed by atoms with van der Waals surface area (Å²) in [4.78, 5) is -0.0399. The Morgan fingerprint density at radius 1 is 0.909 bits per heavy atom. The lowest BCUT2D eigenvalue weighted by Gasteiger charge is -2.27. The largest absolute Gasteiger partial charge is 0.497 e. The quantitative estimate of drug-likeness (QED) is 0.489. The van der Waals surface area contributed by atoms with Crippen LogP contribution < -0.4 is 14.2 Å². The summed E-state index contributed by atoms with van der Waals surface area (Å²) in [7, 11) is -8.46. The molecular formula is C20H26N2O8S3. The maximum atomic E-state index is 13.3. The Labute approximate surface area is 194 Å². The summed E-state index contributed by atoms with van der Waals surface area (Å²) in [5.74, 6) is 0.529. The Bertz CT molecular complexity index is 1270. The molecule has 0 aliphatic carbocycles. The Morgan fingerprint density at radius 3 is 1.88 bits per heavy atom. The maximum Gasteiger partial charge on any atom is 0.243 e. The summed E-state index contributed by atoms with van der Waals surface area (Å²) in [6.45, 7) is -0.468. The smallest absolute Gasteiger partial charge is 0.243 e. The summed E-state index contributed by atoms with van der Waals surface area (Å²) < 4.78 is 89.4. The van der Waals surface area contributed by atoms with Crippen molar-refractivity contribution in [3.05, 3.63) is 48.5 Å². The second kappa shape index (κ2) is 9.97. The highest BCUT2D eigenvalue weighted by molar-refractivity contribution is 7.92. The highest BCUT2D eigenvalue weighted by Crippen LogP contribution is 2.26. The van der Waals surface area contributed by atoms with Gasteiger partial charge in [-0.05, 0) is 55.0 Å². The average Bonchev–Trinajstić information content (AvgIpc) is 3.15. The molecule has 0 aromatic heterocycles. The Morgan fingerprint density at radius 2 is 1.42 bits per heavy atom. The average molecular weight is 519 g/mol. The number of hydrogen-bond acceptors (Lipinski definition) is 8. The van der Waals surface area contributed by atoms with Crippen LogP contribution >= 0.6 is 0 Å². The highest BCUT2D eigenvalue weighted by atomic mass is 32.2. The molecule has 1 heterocycles. The van der Waals surface area contributed by atoms with Crippen LogP contribution in [0.1, 0.15) is 6.42 Å². The van der Waals surface area contributed by atoms with Crippen molar-refractivity contribution in [2.45, 2.75) is 22.3 Å². The maximum absolute atomic E-state index is 13.3. The lowest BCUT2D eigenvalue weighted by atomic mass is 10.2. The first-order chi connectivity index (χ1) is 15.5. The van der Waals surface area contributed by atoms with Crippen molar-refractivity contribution in [2.75, 3.05) is 38.8 Å².